The fourth-order valence-electron chi connectivity index (χ4n) is 1.97. The first-order chi connectivity index (χ1) is 8.32. The lowest BCUT2D eigenvalue weighted by Gasteiger charge is -2.27. The van der Waals surface area contributed by atoms with Gasteiger partial charge in [-0.25, -0.2) is 4.79 Å². The molecule has 0 aliphatic carbocycles. The van der Waals surface area contributed by atoms with Crippen LogP contribution in [0.25, 0.3) is 0 Å². The molecule has 1 aromatic carbocycles. The van der Waals surface area contributed by atoms with Crippen molar-refractivity contribution in [3.8, 4) is 5.75 Å². The Labute approximate surface area is 100 Å². The smallest absolute Gasteiger partial charge is 0.416 e. The van der Waals surface area contributed by atoms with Crippen LogP contribution in [0.5, 0.6) is 5.75 Å². The minimum absolute atomic E-state index is 0.107. The topological polar surface area (TPSA) is 72.5 Å². The van der Waals surface area contributed by atoms with Crippen LogP contribution in [0.1, 0.15) is 33.9 Å². The van der Waals surface area contributed by atoms with Gasteiger partial charge in [0.1, 0.15) is 11.3 Å². The lowest BCUT2D eigenvalue weighted by atomic mass is 9.92. The Morgan fingerprint density at radius 3 is 2.67 bits per heavy atom. The Bertz CT molecular complexity index is 499. The highest BCUT2D eigenvalue weighted by Gasteiger charge is 2.39. The summed E-state index contributed by atoms with van der Waals surface area (Å²) in [5.74, 6) is -1.61. The molecule has 98 valence electrons. The van der Waals surface area contributed by atoms with Gasteiger partial charge in [0, 0.05) is 18.0 Å². The van der Waals surface area contributed by atoms with E-state index in [1.54, 1.807) is 0 Å². The second-order valence-corrected chi connectivity index (χ2v) is 3.95. The minimum atomic E-state index is -4.58. The molecular weight excluding hydrogens is 251 g/mol. The van der Waals surface area contributed by atoms with Crippen molar-refractivity contribution in [2.45, 2.75) is 18.6 Å². The van der Waals surface area contributed by atoms with Crippen molar-refractivity contribution < 1.29 is 27.8 Å². The number of fused-ring (bicyclic) bond motifs is 1. The average Bonchev–Trinajstić information content (AvgIpc) is 2.26. The molecule has 0 saturated heterocycles. The van der Waals surface area contributed by atoms with Crippen LogP contribution in [0.4, 0.5) is 13.2 Å². The monoisotopic (exact) mass is 261 g/mol. The highest BCUT2D eigenvalue weighted by Crippen LogP contribution is 2.43. The summed E-state index contributed by atoms with van der Waals surface area (Å²) in [5, 5.41) is 8.92. The molecule has 0 radical (unpaired) electrons. The average molecular weight is 261 g/mol. The first-order valence-corrected chi connectivity index (χ1v) is 5.18. The van der Waals surface area contributed by atoms with Crippen molar-refractivity contribution in [1.29, 1.82) is 0 Å². The van der Waals surface area contributed by atoms with E-state index in [4.69, 9.17) is 15.6 Å². The largest absolute Gasteiger partial charge is 0.492 e. The number of hydrogen-bond acceptors (Lipinski definition) is 3. The van der Waals surface area contributed by atoms with Crippen molar-refractivity contribution in [2.75, 3.05) is 6.61 Å². The third-order valence-electron chi connectivity index (χ3n) is 2.78. The van der Waals surface area contributed by atoms with E-state index in [0.29, 0.717) is 0 Å². The van der Waals surface area contributed by atoms with Gasteiger partial charge in [-0.15, -0.1) is 0 Å². The quantitative estimate of drug-likeness (QED) is 0.812. The van der Waals surface area contributed by atoms with E-state index < -0.39 is 23.8 Å². The molecule has 1 aliphatic rings. The molecule has 1 heterocycles. The summed E-state index contributed by atoms with van der Waals surface area (Å²) in [5.41, 5.74) is 4.14. The summed E-state index contributed by atoms with van der Waals surface area (Å²) in [6.45, 7) is 0.107. The molecule has 0 spiro atoms. The van der Waals surface area contributed by atoms with E-state index in [2.05, 4.69) is 0 Å². The van der Waals surface area contributed by atoms with E-state index in [1.165, 1.54) is 0 Å². The van der Waals surface area contributed by atoms with Crippen molar-refractivity contribution in [1.82, 2.24) is 0 Å². The second-order valence-electron chi connectivity index (χ2n) is 3.95. The predicted octanol–water partition coefficient (Wildman–Crippen LogP) is 2.19. The number of nitrogens with two attached hydrogens (primary N) is 1. The molecule has 1 aliphatic heterocycles. The van der Waals surface area contributed by atoms with E-state index >= 15 is 0 Å². The zero-order valence-corrected chi connectivity index (χ0v) is 9.12. The van der Waals surface area contributed by atoms with Crippen LogP contribution in [0.3, 0.4) is 0 Å². The number of halogens is 3. The van der Waals surface area contributed by atoms with E-state index in [1.807, 2.05) is 0 Å². The molecule has 0 bridgehead atoms. The molecule has 3 N–H and O–H groups in total. The maximum absolute atomic E-state index is 12.8. The fourth-order valence-corrected chi connectivity index (χ4v) is 1.97. The van der Waals surface area contributed by atoms with Crippen LogP contribution in [0.15, 0.2) is 12.1 Å². The summed E-state index contributed by atoms with van der Waals surface area (Å²) in [6.07, 6.45) is -4.36. The SMILES string of the molecule is N[C@@H]1CCOc2c(C(=O)O)ccc(C(F)(F)F)c21. The summed E-state index contributed by atoms with van der Waals surface area (Å²) in [7, 11) is 0. The van der Waals surface area contributed by atoms with Crippen LogP contribution in [0.2, 0.25) is 0 Å². The van der Waals surface area contributed by atoms with Gasteiger partial charge in [0.05, 0.1) is 12.2 Å². The van der Waals surface area contributed by atoms with Gasteiger partial charge in [0.2, 0.25) is 0 Å². The van der Waals surface area contributed by atoms with Crippen molar-refractivity contribution in [3.63, 3.8) is 0 Å². The van der Waals surface area contributed by atoms with Crippen LogP contribution in [-0.4, -0.2) is 17.7 Å². The molecule has 0 saturated carbocycles. The van der Waals surface area contributed by atoms with Gasteiger partial charge in [-0.1, -0.05) is 0 Å². The number of rotatable bonds is 1. The van der Waals surface area contributed by atoms with Gasteiger partial charge >= 0.3 is 12.1 Å². The Hall–Kier alpha value is -1.76. The van der Waals surface area contributed by atoms with Gasteiger partial charge in [-0.05, 0) is 12.1 Å². The van der Waals surface area contributed by atoms with E-state index in [-0.39, 0.29) is 29.9 Å². The Balaban J connectivity index is 2.70. The molecule has 0 amide bonds. The standard InChI is InChI=1S/C11H10F3NO3/c12-11(13,14)6-2-1-5(10(16)17)9-8(6)7(15)3-4-18-9/h1-2,7H,3-4,15H2,(H,16,17)/t7-/m1/s1. The van der Waals surface area contributed by atoms with Gasteiger partial charge in [0.15, 0.2) is 0 Å². The highest BCUT2D eigenvalue weighted by atomic mass is 19.4. The number of alkyl halides is 3. The molecule has 0 fully saturated rings. The van der Waals surface area contributed by atoms with Crippen molar-refractivity contribution in [2.24, 2.45) is 5.73 Å². The summed E-state index contributed by atoms with van der Waals surface area (Å²) in [6, 6.07) is 0.753. The maximum Gasteiger partial charge on any atom is 0.416 e. The third-order valence-corrected chi connectivity index (χ3v) is 2.78. The van der Waals surface area contributed by atoms with Gasteiger partial charge in [0.25, 0.3) is 0 Å². The molecule has 2 rings (SSSR count). The zero-order chi connectivity index (χ0) is 13.5. The third kappa shape index (κ3) is 2.01. The zero-order valence-electron chi connectivity index (χ0n) is 9.12. The number of carbonyl (C=O) groups is 1. The van der Waals surface area contributed by atoms with Crippen LogP contribution in [0, 0.1) is 0 Å². The van der Waals surface area contributed by atoms with Crippen LogP contribution >= 0.6 is 0 Å². The van der Waals surface area contributed by atoms with Gasteiger partial charge < -0.3 is 15.6 Å². The lowest BCUT2D eigenvalue weighted by molar-refractivity contribution is -0.138. The maximum atomic E-state index is 12.8. The summed E-state index contributed by atoms with van der Waals surface area (Å²) < 4.78 is 43.5. The number of aromatic carboxylic acids is 1. The molecule has 0 aromatic heterocycles. The Morgan fingerprint density at radius 2 is 2.11 bits per heavy atom. The van der Waals surface area contributed by atoms with Crippen LogP contribution < -0.4 is 10.5 Å². The predicted molar refractivity (Wildman–Crippen MR) is 55.4 cm³/mol. The van der Waals surface area contributed by atoms with E-state index in [9.17, 15) is 18.0 Å². The first-order valence-electron chi connectivity index (χ1n) is 5.18. The first kappa shape index (κ1) is 12.7. The number of hydrogen-bond donors (Lipinski definition) is 2. The van der Waals surface area contributed by atoms with Crippen LogP contribution in [-0.2, 0) is 6.18 Å². The van der Waals surface area contributed by atoms with E-state index in [0.717, 1.165) is 12.1 Å². The molecule has 7 heteroatoms. The molecule has 18 heavy (non-hydrogen) atoms. The molecule has 1 atom stereocenters. The number of carboxylic acid groups (broad SMARTS) is 1. The number of carboxylic acids is 1. The molecular formula is C11H10F3NO3. The molecule has 1 aromatic rings. The van der Waals surface area contributed by atoms with Gasteiger partial charge in [-0.3, -0.25) is 0 Å². The Kier molecular flexibility index (Phi) is 2.94. The van der Waals surface area contributed by atoms with Crippen molar-refractivity contribution in [3.05, 3.63) is 28.8 Å². The highest BCUT2D eigenvalue weighted by molar-refractivity contribution is 5.92. The van der Waals surface area contributed by atoms with Crippen molar-refractivity contribution >= 4 is 5.97 Å². The summed E-state index contributed by atoms with van der Waals surface area (Å²) >= 11 is 0. The fraction of sp³-hybridized carbons (Fsp3) is 0.364. The minimum Gasteiger partial charge on any atom is -0.492 e. The summed E-state index contributed by atoms with van der Waals surface area (Å²) in [4.78, 5) is 10.9. The Morgan fingerprint density at radius 1 is 1.44 bits per heavy atom. The number of benzene rings is 1. The second kappa shape index (κ2) is 4.16. The molecule has 0 unspecified atom stereocenters. The molecule has 4 nitrogen and oxygen atoms in total. The number of ether oxygens (including phenoxy) is 1. The lowest BCUT2D eigenvalue weighted by Crippen LogP contribution is -2.26. The van der Waals surface area contributed by atoms with Gasteiger partial charge in [-0.2, -0.15) is 13.2 Å². The normalized spacial score (nSPS) is 19.0.